The normalized spacial score (nSPS) is 12.0. The smallest absolute Gasteiger partial charge is 0.321 e. The lowest BCUT2D eigenvalue weighted by Gasteiger charge is -2.16. The van der Waals surface area contributed by atoms with E-state index in [2.05, 4.69) is 6.92 Å². The minimum Gasteiger partial charge on any atom is -0.491 e. The van der Waals surface area contributed by atoms with E-state index in [1.54, 1.807) is 0 Å². The highest BCUT2D eigenvalue weighted by atomic mass is 16.7. The fourth-order valence-corrected chi connectivity index (χ4v) is 1.46. The first-order valence-corrected chi connectivity index (χ1v) is 6.99. The van der Waals surface area contributed by atoms with E-state index in [0.29, 0.717) is 25.8 Å². The molecule has 0 amide bonds. The Kier molecular flexibility index (Phi) is 11.9. The Morgan fingerprint density at radius 2 is 1.50 bits per heavy atom. The Hall–Kier alpha value is -0.900. The van der Waals surface area contributed by atoms with E-state index in [0.717, 1.165) is 18.6 Å². The van der Waals surface area contributed by atoms with Crippen molar-refractivity contribution < 1.29 is 18.9 Å². The first-order chi connectivity index (χ1) is 8.79. The molecule has 0 N–H and O–H groups in total. The summed E-state index contributed by atoms with van der Waals surface area (Å²) >= 11 is 0. The van der Waals surface area contributed by atoms with Gasteiger partial charge in [0.1, 0.15) is 0 Å². The van der Waals surface area contributed by atoms with Crippen molar-refractivity contribution in [1.82, 2.24) is 0 Å². The van der Waals surface area contributed by atoms with Crippen molar-refractivity contribution in [2.45, 2.75) is 53.4 Å². The van der Waals surface area contributed by atoms with Gasteiger partial charge in [0, 0.05) is 13.0 Å². The molecule has 0 saturated heterocycles. The maximum Gasteiger partial charge on any atom is 0.321 e. The number of rotatable bonds is 12. The van der Waals surface area contributed by atoms with Gasteiger partial charge in [-0.1, -0.05) is 19.8 Å². The summed E-state index contributed by atoms with van der Waals surface area (Å²) in [6, 6.07) is 0. The van der Waals surface area contributed by atoms with E-state index >= 15 is 0 Å². The quantitative estimate of drug-likeness (QED) is 0.304. The summed E-state index contributed by atoms with van der Waals surface area (Å²) in [5.41, 5.74) is 0. The lowest BCUT2D eigenvalue weighted by atomic mass is 10.2. The molecule has 0 saturated carbocycles. The lowest BCUT2D eigenvalue weighted by molar-refractivity contribution is -0.0787. The van der Waals surface area contributed by atoms with Crippen LogP contribution in [-0.2, 0) is 18.9 Å². The largest absolute Gasteiger partial charge is 0.491 e. The Bertz CT molecular complexity index is 192. The molecule has 0 fully saturated rings. The minimum atomic E-state index is 0.205. The summed E-state index contributed by atoms with van der Waals surface area (Å²) in [6.07, 6.45) is 4.30. The lowest BCUT2D eigenvalue weighted by Crippen LogP contribution is -2.08. The van der Waals surface area contributed by atoms with Crippen molar-refractivity contribution in [2.75, 3.05) is 26.6 Å². The molecule has 0 unspecified atom stereocenters. The molecule has 0 aliphatic rings. The zero-order valence-electron chi connectivity index (χ0n) is 12.3. The van der Waals surface area contributed by atoms with Crippen LogP contribution in [0.5, 0.6) is 0 Å². The number of ether oxygens (including phenoxy) is 4. The summed E-state index contributed by atoms with van der Waals surface area (Å²) in [5.74, 6) is 1.27. The zero-order chi connectivity index (χ0) is 13.6. The number of allylic oxidation sites excluding steroid dienone is 1. The van der Waals surface area contributed by atoms with Gasteiger partial charge in [-0.25, -0.2) is 0 Å². The van der Waals surface area contributed by atoms with E-state index in [4.69, 9.17) is 18.9 Å². The van der Waals surface area contributed by atoms with Gasteiger partial charge >= 0.3 is 5.95 Å². The highest BCUT2D eigenvalue weighted by molar-refractivity contribution is 4.95. The van der Waals surface area contributed by atoms with Gasteiger partial charge in [0.2, 0.25) is 0 Å². The molecule has 0 aliphatic heterocycles. The molecular formula is C14H28O4. The zero-order valence-corrected chi connectivity index (χ0v) is 12.3. The van der Waals surface area contributed by atoms with Gasteiger partial charge in [-0.05, 0) is 27.2 Å². The van der Waals surface area contributed by atoms with Crippen LogP contribution in [0.2, 0.25) is 0 Å². The van der Waals surface area contributed by atoms with Crippen molar-refractivity contribution >= 4 is 0 Å². The number of hydrogen-bond acceptors (Lipinski definition) is 4. The molecule has 0 aromatic carbocycles. The third-order valence-electron chi connectivity index (χ3n) is 2.31. The Balaban J connectivity index is 4.45. The Morgan fingerprint density at radius 3 is 2.06 bits per heavy atom. The standard InChI is InChI=1S/C14H28O4/c1-5-9-10-11-13(16-7-3)14(17-8-4)18-12-15-6-2/h5-12H2,1-4H3. The van der Waals surface area contributed by atoms with E-state index in [1.165, 1.54) is 12.8 Å². The maximum atomic E-state index is 5.61. The maximum absolute atomic E-state index is 5.61. The average Bonchev–Trinajstić information content (AvgIpc) is 2.37. The molecule has 18 heavy (non-hydrogen) atoms. The fourth-order valence-electron chi connectivity index (χ4n) is 1.46. The molecule has 4 nitrogen and oxygen atoms in total. The van der Waals surface area contributed by atoms with E-state index in [-0.39, 0.29) is 6.79 Å². The molecule has 0 spiro atoms. The Morgan fingerprint density at radius 1 is 0.778 bits per heavy atom. The van der Waals surface area contributed by atoms with Crippen LogP contribution in [-0.4, -0.2) is 26.6 Å². The molecule has 0 heterocycles. The van der Waals surface area contributed by atoms with E-state index < -0.39 is 0 Å². The number of hydrogen-bond donors (Lipinski definition) is 0. The summed E-state index contributed by atoms with van der Waals surface area (Å²) in [6.45, 7) is 10.0. The van der Waals surface area contributed by atoms with Crippen molar-refractivity contribution in [3.05, 3.63) is 11.7 Å². The van der Waals surface area contributed by atoms with Gasteiger partial charge < -0.3 is 18.9 Å². The van der Waals surface area contributed by atoms with Gasteiger partial charge in [-0.2, -0.15) is 0 Å². The molecule has 0 bridgehead atoms. The minimum absolute atomic E-state index is 0.205. The number of unbranched alkanes of at least 4 members (excludes halogenated alkanes) is 2. The first kappa shape index (κ1) is 17.1. The molecule has 108 valence electrons. The summed E-state index contributed by atoms with van der Waals surface area (Å²) < 4.78 is 21.7. The molecule has 4 heteroatoms. The van der Waals surface area contributed by atoms with Gasteiger partial charge in [-0.3, -0.25) is 0 Å². The SMILES string of the molecule is CCCCCC(OCC)=C(OCC)OCOCC. The second-order valence-electron chi connectivity index (χ2n) is 3.79. The molecule has 0 rings (SSSR count). The van der Waals surface area contributed by atoms with Gasteiger partial charge in [0.05, 0.1) is 13.2 Å². The van der Waals surface area contributed by atoms with Crippen molar-refractivity contribution in [3.63, 3.8) is 0 Å². The van der Waals surface area contributed by atoms with Crippen LogP contribution in [0.4, 0.5) is 0 Å². The summed E-state index contributed by atoms with van der Waals surface area (Å²) in [4.78, 5) is 0. The van der Waals surface area contributed by atoms with Gasteiger partial charge in [0.15, 0.2) is 12.6 Å². The van der Waals surface area contributed by atoms with Crippen LogP contribution in [0, 0.1) is 0 Å². The van der Waals surface area contributed by atoms with Gasteiger partial charge in [0.25, 0.3) is 0 Å². The highest BCUT2D eigenvalue weighted by Crippen LogP contribution is 2.17. The van der Waals surface area contributed by atoms with Crippen molar-refractivity contribution in [3.8, 4) is 0 Å². The third-order valence-corrected chi connectivity index (χ3v) is 2.31. The second-order valence-corrected chi connectivity index (χ2v) is 3.79. The topological polar surface area (TPSA) is 36.9 Å². The summed E-state index contributed by atoms with van der Waals surface area (Å²) in [7, 11) is 0. The monoisotopic (exact) mass is 260 g/mol. The Labute approximate surface area is 111 Å². The van der Waals surface area contributed by atoms with Crippen molar-refractivity contribution in [1.29, 1.82) is 0 Å². The first-order valence-electron chi connectivity index (χ1n) is 6.99. The van der Waals surface area contributed by atoms with Gasteiger partial charge in [-0.15, -0.1) is 0 Å². The molecule has 0 aromatic rings. The second kappa shape index (κ2) is 12.6. The average molecular weight is 260 g/mol. The van der Waals surface area contributed by atoms with Crippen LogP contribution in [0.3, 0.4) is 0 Å². The molecule has 0 atom stereocenters. The predicted octanol–water partition coefficient (Wildman–Crippen LogP) is 3.82. The molecule has 0 aromatic heterocycles. The summed E-state index contributed by atoms with van der Waals surface area (Å²) in [5, 5.41) is 0. The van der Waals surface area contributed by atoms with E-state index in [9.17, 15) is 0 Å². The third kappa shape index (κ3) is 8.23. The predicted molar refractivity (Wildman–Crippen MR) is 72.0 cm³/mol. The molecule has 0 radical (unpaired) electrons. The highest BCUT2D eigenvalue weighted by Gasteiger charge is 2.11. The molecular weight excluding hydrogens is 232 g/mol. The van der Waals surface area contributed by atoms with Crippen LogP contribution in [0.1, 0.15) is 53.4 Å². The van der Waals surface area contributed by atoms with Crippen LogP contribution < -0.4 is 0 Å². The molecule has 0 aliphatic carbocycles. The fraction of sp³-hybridized carbons (Fsp3) is 0.857. The van der Waals surface area contributed by atoms with E-state index in [1.807, 2.05) is 20.8 Å². The van der Waals surface area contributed by atoms with Crippen LogP contribution in [0.25, 0.3) is 0 Å². The van der Waals surface area contributed by atoms with Crippen LogP contribution >= 0.6 is 0 Å². The van der Waals surface area contributed by atoms with Crippen molar-refractivity contribution in [2.24, 2.45) is 0 Å². The van der Waals surface area contributed by atoms with Crippen LogP contribution in [0.15, 0.2) is 11.7 Å².